The summed E-state index contributed by atoms with van der Waals surface area (Å²) in [5.41, 5.74) is 3.10. The molecule has 24 heavy (non-hydrogen) atoms. The Bertz CT molecular complexity index is 883. The number of imidazole rings is 1. The average molecular weight is 323 g/mol. The minimum Gasteiger partial charge on any atom is -0.492 e. The summed E-state index contributed by atoms with van der Waals surface area (Å²) >= 11 is 0. The second-order valence-corrected chi connectivity index (χ2v) is 5.53. The topological polar surface area (TPSA) is 56.1 Å². The number of carbonyl (C=O) groups excluding carboxylic acids is 1. The van der Waals surface area contributed by atoms with Crippen LogP contribution in [0.4, 0.5) is 5.69 Å². The summed E-state index contributed by atoms with van der Waals surface area (Å²) in [6.07, 6.45) is 0.856. The number of hydrogen-bond donors (Lipinski definition) is 1. The first-order chi connectivity index (χ1) is 11.6. The molecule has 0 aliphatic rings. The number of fused-ring (bicyclic) bond motifs is 1. The van der Waals surface area contributed by atoms with Crippen molar-refractivity contribution in [3.8, 4) is 5.75 Å². The molecule has 0 aliphatic heterocycles. The molecule has 5 nitrogen and oxygen atoms in total. The fraction of sp³-hybridized carbons (Fsp3) is 0.263. The van der Waals surface area contributed by atoms with Crippen molar-refractivity contribution in [3.63, 3.8) is 0 Å². The molecule has 0 spiro atoms. The number of ether oxygens (including phenoxy) is 1. The van der Waals surface area contributed by atoms with Gasteiger partial charge in [0.05, 0.1) is 23.3 Å². The molecule has 1 amide bonds. The fourth-order valence-corrected chi connectivity index (χ4v) is 2.75. The van der Waals surface area contributed by atoms with Crippen LogP contribution in [0.3, 0.4) is 0 Å². The van der Waals surface area contributed by atoms with Gasteiger partial charge in [0, 0.05) is 19.0 Å². The third-order valence-electron chi connectivity index (χ3n) is 3.99. The highest BCUT2D eigenvalue weighted by Gasteiger charge is 2.13. The number of nitrogens with zero attached hydrogens (tertiary/aromatic N) is 2. The molecular formula is C19H21N3O2. The van der Waals surface area contributed by atoms with E-state index in [4.69, 9.17) is 4.74 Å². The van der Waals surface area contributed by atoms with Crippen molar-refractivity contribution in [2.24, 2.45) is 7.05 Å². The lowest BCUT2D eigenvalue weighted by Gasteiger charge is -2.11. The molecule has 3 rings (SSSR count). The van der Waals surface area contributed by atoms with E-state index in [1.165, 1.54) is 0 Å². The van der Waals surface area contributed by atoms with E-state index in [0.29, 0.717) is 23.6 Å². The van der Waals surface area contributed by atoms with Crippen molar-refractivity contribution in [2.45, 2.75) is 20.3 Å². The van der Waals surface area contributed by atoms with Gasteiger partial charge in [0.1, 0.15) is 11.6 Å². The lowest BCUT2D eigenvalue weighted by Crippen LogP contribution is -2.13. The van der Waals surface area contributed by atoms with Crippen LogP contribution < -0.4 is 10.1 Å². The van der Waals surface area contributed by atoms with Gasteiger partial charge in [0.15, 0.2) is 0 Å². The third kappa shape index (κ3) is 2.97. The maximum absolute atomic E-state index is 12.6. The van der Waals surface area contributed by atoms with Gasteiger partial charge in [-0.3, -0.25) is 4.79 Å². The summed E-state index contributed by atoms with van der Waals surface area (Å²) in [5.74, 6) is 1.50. The average Bonchev–Trinajstić information content (AvgIpc) is 2.92. The Kier molecular flexibility index (Phi) is 4.51. The van der Waals surface area contributed by atoms with E-state index in [-0.39, 0.29) is 5.91 Å². The quantitative estimate of drug-likeness (QED) is 0.777. The number of anilines is 1. The van der Waals surface area contributed by atoms with Crippen LogP contribution in [-0.4, -0.2) is 22.1 Å². The van der Waals surface area contributed by atoms with Crippen LogP contribution in [0.25, 0.3) is 11.0 Å². The fourth-order valence-electron chi connectivity index (χ4n) is 2.75. The molecule has 1 heterocycles. The van der Waals surface area contributed by atoms with Crippen LogP contribution in [-0.2, 0) is 13.5 Å². The molecule has 2 aromatic carbocycles. The Balaban J connectivity index is 1.89. The standard InChI is InChI=1S/C19H21N3O2/c1-4-18-20-15-12-13(10-11-16(15)22(18)3)19(23)21-14-8-6-7-9-17(14)24-5-2/h6-12H,4-5H2,1-3H3,(H,21,23). The SMILES string of the molecule is CCOc1ccccc1NC(=O)c1ccc2c(c1)nc(CC)n2C. The van der Waals surface area contributed by atoms with Gasteiger partial charge in [-0.05, 0) is 37.3 Å². The smallest absolute Gasteiger partial charge is 0.255 e. The Morgan fingerprint density at radius 2 is 2.00 bits per heavy atom. The molecular weight excluding hydrogens is 302 g/mol. The van der Waals surface area contributed by atoms with Crippen LogP contribution in [0.5, 0.6) is 5.75 Å². The molecule has 0 saturated carbocycles. The lowest BCUT2D eigenvalue weighted by molar-refractivity contribution is 0.102. The molecule has 0 saturated heterocycles. The normalized spacial score (nSPS) is 10.8. The highest BCUT2D eigenvalue weighted by Crippen LogP contribution is 2.25. The van der Waals surface area contributed by atoms with Gasteiger partial charge in [-0.1, -0.05) is 19.1 Å². The number of aryl methyl sites for hydroxylation is 2. The maximum atomic E-state index is 12.6. The predicted octanol–water partition coefficient (Wildman–Crippen LogP) is 3.79. The first kappa shape index (κ1) is 16.1. The summed E-state index contributed by atoms with van der Waals surface area (Å²) in [5, 5.41) is 2.91. The molecule has 3 aromatic rings. The number of amides is 1. The van der Waals surface area contributed by atoms with Crippen molar-refractivity contribution < 1.29 is 9.53 Å². The molecule has 0 bridgehead atoms. The van der Waals surface area contributed by atoms with Crippen LogP contribution in [0.1, 0.15) is 30.0 Å². The van der Waals surface area contributed by atoms with E-state index >= 15 is 0 Å². The lowest BCUT2D eigenvalue weighted by atomic mass is 10.1. The van der Waals surface area contributed by atoms with Gasteiger partial charge >= 0.3 is 0 Å². The molecule has 1 aromatic heterocycles. The van der Waals surface area contributed by atoms with Crippen LogP contribution >= 0.6 is 0 Å². The Morgan fingerprint density at radius 3 is 2.75 bits per heavy atom. The highest BCUT2D eigenvalue weighted by molar-refractivity contribution is 6.06. The molecule has 124 valence electrons. The van der Waals surface area contributed by atoms with Crippen molar-refractivity contribution in [1.82, 2.24) is 9.55 Å². The zero-order chi connectivity index (χ0) is 17.1. The van der Waals surface area contributed by atoms with Crippen LogP contribution in [0, 0.1) is 0 Å². The zero-order valence-corrected chi connectivity index (χ0v) is 14.2. The van der Waals surface area contributed by atoms with Crippen LogP contribution in [0.15, 0.2) is 42.5 Å². The van der Waals surface area contributed by atoms with E-state index in [1.807, 2.05) is 56.4 Å². The summed E-state index contributed by atoms with van der Waals surface area (Å²) in [6, 6.07) is 13.0. The minimum absolute atomic E-state index is 0.173. The van der Waals surface area contributed by atoms with Crippen LogP contribution in [0.2, 0.25) is 0 Å². The van der Waals surface area contributed by atoms with E-state index in [1.54, 1.807) is 0 Å². The number of hydrogen-bond acceptors (Lipinski definition) is 3. The van der Waals surface area contributed by atoms with Gasteiger partial charge < -0.3 is 14.6 Å². The van der Waals surface area contributed by atoms with E-state index in [9.17, 15) is 4.79 Å². The first-order valence-electron chi connectivity index (χ1n) is 8.12. The summed E-state index contributed by atoms with van der Waals surface area (Å²) < 4.78 is 7.60. The molecule has 0 atom stereocenters. The van der Waals surface area contributed by atoms with E-state index in [0.717, 1.165) is 23.3 Å². The number of carbonyl (C=O) groups is 1. The maximum Gasteiger partial charge on any atom is 0.255 e. The monoisotopic (exact) mass is 323 g/mol. The van der Waals surface area contributed by atoms with Gasteiger partial charge in [0.25, 0.3) is 5.91 Å². The number of para-hydroxylation sites is 2. The first-order valence-corrected chi connectivity index (χ1v) is 8.12. The molecule has 0 aliphatic carbocycles. The third-order valence-corrected chi connectivity index (χ3v) is 3.99. The molecule has 0 unspecified atom stereocenters. The summed E-state index contributed by atoms with van der Waals surface area (Å²) in [7, 11) is 1.99. The number of nitrogens with one attached hydrogen (secondary N) is 1. The summed E-state index contributed by atoms with van der Waals surface area (Å²) in [4.78, 5) is 17.2. The molecule has 5 heteroatoms. The zero-order valence-electron chi connectivity index (χ0n) is 14.2. The van der Waals surface area contributed by atoms with Crippen molar-refractivity contribution >= 4 is 22.6 Å². The van der Waals surface area contributed by atoms with Gasteiger partial charge in [-0.25, -0.2) is 4.98 Å². The predicted molar refractivity (Wildman–Crippen MR) is 95.7 cm³/mol. The molecule has 0 fully saturated rings. The number of aromatic nitrogens is 2. The second kappa shape index (κ2) is 6.74. The number of rotatable bonds is 5. The largest absolute Gasteiger partial charge is 0.492 e. The van der Waals surface area contributed by atoms with Gasteiger partial charge in [-0.2, -0.15) is 0 Å². The van der Waals surface area contributed by atoms with Gasteiger partial charge in [-0.15, -0.1) is 0 Å². The minimum atomic E-state index is -0.173. The molecule has 1 N–H and O–H groups in total. The Labute approximate surface area is 141 Å². The van der Waals surface area contributed by atoms with E-state index < -0.39 is 0 Å². The van der Waals surface area contributed by atoms with E-state index in [2.05, 4.69) is 21.8 Å². The molecule has 0 radical (unpaired) electrons. The van der Waals surface area contributed by atoms with Crippen molar-refractivity contribution in [3.05, 3.63) is 53.9 Å². The number of benzene rings is 2. The highest BCUT2D eigenvalue weighted by atomic mass is 16.5. The Hall–Kier alpha value is -2.82. The van der Waals surface area contributed by atoms with Crippen molar-refractivity contribution in [1.29, 1.82) is 0 Å². The second-order valence-electron chi connectivity index (χ2n) is 5.53. The summed E-state index contributed by atoms with van der Waals surface area (Å²) in [6.45, 7) is 4.53. The Morgan fingerprint density at radius 1 is 1.21 bits per heavy atom. The van der Waals surface area contributed by atoms with Crippen molar-refractivity contribution in [2.75, 3.05) is 11.9 Å². The van der Waals surface area contributed by atoms with Gasteiger partial charge in [0.2, 0.25) is 0 Å².